The van der Waals surface area contributed by atoms with Gasteiger partial charge in [0.25, 0.3) is 5.91 Å². The van der Waals surface area contributed by atoms with Crippen molar-refractivity contribution in [2.24, 2.45) is 10.7 Å². The Kier molecular flexibility index (Phi) is 7.71. The Balaban J connectivity index is 1.93. The van der Waals surface area contributed by atoms with E-state index in [1.165, 1.54) is 45.2 Å². The zero-order valence-corrected chi connectivity index (χ0v) is 23.0. The van der Waals surface area contributed by atoms with E-state index in [1.807, 2.05) is 5.32 Å². The summed E-state index contributed by atoms with van der Waals surface area (Å²) in [6, 6.07) is 0.387. The number of nitrogens with one attached hydrogen (secondary N) is 1. The SMILES string of the molecule is CN1C(N)=N[C@](C)(c2c(F)c(F)cc(NC(=O)c3cnc(OCC(F)(I)I)cn3)c2F)CS1(=O)=O. The molecule has 35 heavy (non-hydrogen) atoms. The summed E-state index contributed by atoms with van der Waals surface area (Å²) in [5, 5.41) is 2.04. The van der Waals surface area contributed by atoms with Gasteiger partial charge in [0.05, 0.1) is 29.4 Å². The van der Waals surface area contributed by atoms with Crippen molar-refractivity contribution in [2.45, 2.75) is 14.1 Å². The molecule has 1 aliphatic heterocycles. The molecule has 0 saturated heterocycles. The van der Waals surface area contributed by atoms with Crippen molar-refractivity contribution >= 4 is 72.8 Å². The Morgan fingerprint density at radius 1 is 1.29 bits per heavy atom. The number of carbonyl (C=O) groups is 1. The van der Waals surface area contributed by atoms with Crippen molar-refractivity contribution in [3.05, 3.63) is 47.2 Å². The van der Waals surface area contributed by atoms with Gasteiger partial charge >= 0.3 is 0 Å². The van der Waals surface area contributed by atoms with Gasteiger partial charge in [0.15, 0.2) is 17.5 Å². The first-order valence-electron chi connectivity index (χ1n) is 9.37. The predicted octanol–water partition coefficient (Wildman–Crippen LogP) is 2.82. The number of aliphatic imine (C=N–C) groups is 1. The third-order valence-electron chi connectivity index (χ3n) is 4.75. The van der Waals surface area contributed by atoms with Crippen LogP contribution in [0.4, 0.5) is 23.2 Å². The first kappa shape index (κ1) is 27.6. The van der Waals surface area contributed by atoms with Gasteiger partial charge < -0.3 is 15.8 Å². The van der Waals surface area contributed by atoms with Gasteiger partial charge in [-0.05, 0) is 52.1 Å². The maximum absolute atomic E-state index is 15.3. The fourth-order valence-electron chi connectivity index (χ4n) is 3.10. The lowest BCUT2D eigenvalue weighted by Gasteiger charge is -2.35. The van der Waals surface area contributed by atoms with Crippen LogP contribution >= 0.6 is 45.2 Å². The second-order valence-corrected chi connectivity index (χ2v) is 15.0. The van der Waals surface area contributed by atoms with E-state index >= 15 is 4.39 Å². The number of nitrogens with two attached hydrogens (primary N) is 1. The van der Waals surface area contributed by atoms with E-state index < -0.39 is 63.6 Å². The number of hydrogen-bond acceptors (Lipinski definition) is 8. The molecular weight excluding hydrogens is 726 g/mol. The van der Waals surface area contributed by atoms with E-state index in [2.05, 4.69) is 15.0 Å². The average Bonchev–Trinajstić information content (AvgIpc) is 2.74. The highest BCUT2D eigenvalue weighted by Gasteiger charge is 2.44. The number of amides is 1. The highest BCUT2D eigenvalue weighted by atomic mass is 127. The molecule has 3 N–H and O–H groups in total. The van der Waals surface area contributed by atoms with E-state index in [-0.39, 0.29) is 18.2 Å². The molecule has 0 bridgehead atoms. The number of guanidine groups is 1. The number of halogens is 6. The van der Waals surface area contributed by atoms with Crippen LogP contribution in [0, 0.1) is 17.5 Å². The molecule has 1 atom stereocenters. The molecule has 3 rings (SSSR count). The molecule has 0 radical (unpaired) electrons. The van der Waals surface area contributed by atoms with Gasteiger partial charge in [-0.1, -0.05) is 0 Å². The number of sulfonamides is 1. The van der Waals surface area contributed by atoms with Crippen LogP contribution in [0.25, 0.3) is 0 Å². The van der Waals surface area contributed by atoms with Gasteiger partial charge in [0.2, 0.25) is 23.5 Å². The highest BCUT2D eigenvalue weighted by Crippen LogP contribution is 2.38. The van der Waals surface area contributed by atoms with E-state index in [0.29, 0.717) is 10.4 Å². The molecule has 10 nitrogen and oxygen atoms in total. The minimum Gasteiger partial charge on any atom is -0.471 e. The number of alkyl halides is 3. The Labute approximate surface area is 224 Å². The van der Waals surface area contributed by atoms with Crippen LogP contribution in [0.15, 0.2) is 23.5 Å². The standard InChI is InChI=1S/C18H16F4I2N6O4S/c1-17(7-35(32,33)30(2)16(25)29-17)12-13(20)8(19)3-9(14(12)21)28-15(31)10-4-27-11(5-26-10)34-6-18(22,23)24/h3-5H,6-7H2,1-2H3,(H2,25,29)(H,28,31)/t17-/m0/s1. The van der Waals surface area contributed by atoms with Gasteiger partial charge in [-0.2, -0.15) is 0 Å². The van der Waals surface area contributed by atoms with Crippen LogP contribution < -0.4 is 15.8 Å². The highest BCUT2D eigenvalue weighted by molar-refractivity contribution is 14.2. The van der Waals surface area contributed by atoms with Gasteiger partial charge in [0, 0.05) is 13.1 Å². The van der Waals surface area contributed by atoms with Gasteiger partial charge in [-0.3, -0.25) is 4.79 Å². The summed E-state index contributed by atoms with van der Waals surface area (Å²) in [5.74, 6) is -7.31. The molecule has 0 aliphatic carbocycles. The first-order valence-corrected chi connectivity index (χ1v) is 13.1. The van der Waals surface area contributed by atoms with Crippen molar-refractivity contribution in [1.82, 2.24) is 14.3 Å². The van der Waals surface area contributed by atoms with Crippen molar-refractivity contribution in [3.63, 3.8) is 0 Å². The molecule has 0 fully saturated rings. The summed E-state index contributed by atoms with van der Waals surface area (Å²) >= 11 is 3.01. The molecule has 2 aromatic rings. The fraction of sp³-hybridized carbons (Fsp3) is 0.333. The van der Waals surface area contributed by atoms with E-state index in [4.69, 9.17) is 10.5 Å². The third-order valence-corrected chi connectivity index (χ3v) is 7.32. The molecule has 1 amide bonds. The minimum absolute atomic E-state index is 0.0925. The number of anilines is 1. The topological polar surface area (TPSA) is 140 Å². The monoisotopic (exact) mass is 742 g/mol. The summed E-state index contributed by atoms with van der Waals surface area (Å²) in [7, 11) is -3.03. The lowest BCUT2D eigenvalue weighted by molar-refractivity contribution is 0.102. The zero-order chi connectivity index (χ0) is 26.3. The fourth-order valence-corrected chi connectivity index (χ4v) is 4.85. The number of benzene rings is 1. The molecule has 190 valence electrons. The molecular formula is C18H16F4I2N6O4S. The molecule has 1 aromatic carbocycles. The molecule has 0 unspecified atom stereocenters. The summed E-state index contributed by atoms with van der Waals surface area (Å²) < 4.78 is 86.7. The third kappa shape index (κ3) is 6.04. The minimum atomic E-state index is -4.13. The number of rotatable bonds is 6. The van der Waals surface area contributed by atoms with E-state index in [1.54, 1.807) is 0 Å². The van der Waals surface area contributed by atoms with Gasteiger partial charge in [-0.25, -0.2) is 45.2 Å². The molecule has 1 aliphatic rings. The zero-order valence-electron chi connectivity index (χ0n) is 17.8. The summed E-state index contributed by atoms with van der Waals surface area (Å²) in [6.45, 7) is 0.716. The van der Waals surface area contributed by atoms with Crippen LogP contribution in [0.2, 0.25) is 0 Å². The molecule has 0 saturated carbocycles. The number of hydrogen-bond donors (Lipinski definition) is 2. The number of ether oxygens (including phenoxy) is 1. The lowest BCUT2D eigenvalue weighted by atomic mass is 9.92. The van der Waals surface area contributed by atoms with Gasteiger partial charge in [0.1, 0.15) is 17.8 Å². The Morgan fingerprint density at radius 2 is 1.94 bits per heavy atom. The number of aromatic nitrogens is 2. The quantitative estimate of drug-likeness (QED) is 0.201. The van der Waals surface area contributed by atoms with E-state index in [9.17, 15) is 26.4 Å². The average molecular weight is 742 g/mol. The molecule has 2 heterocycles. The maximum Gasteiger partial charge on any atom is 0.275 e. The summed E-state index contributed by atoms with van der Waals surface area (Å²) in [5.41, 5.74) is 1.28. The molecule has 1 aromatic heterocycles. The Bertz CT molecular complexity index is 1310. The van der Waals surface area contributed by atoms with Crippen molar-refractivity contribution in [1.29, 1.82) is 0 Å². The molecule has 17 heteroatoms. The van der Waals surface area contributed by atoms with Crippen LogP contribution in [0.3, 0.4) is 0 Å². The van der Waals surface area contributed by atoms with Crippen molar-refractivity contribution < 1.29 is 35.5 Å². The smallest absolute Gasteiger partial charge is 0.275 e. The van der Waals surface area contributed by atoms with Crippen molar-refractivity contribution in [2.75, 3.05) is 24.7 Å². The van der Waals surface area contributed by atoms with E-state index in [0.717, 1.165) is 26.4 Å². The van der Waals surface area contributed by atoms with Crippen LogP contribution in [-0.4, -0.2) is 55.6 Å². The van der Waals surface area contributed by atoms with Crippen LogP contribution in [-0.2, 0) is 15.6 Å². The van der Waals surface area contributed by atoms with Crippen LogP contribution in [0.5, 0.6) is 5.88 Å². The Morgan fingerprint density at radius 3 is 2.49 bits per heavy atom. The normalized spacial score (nSPS) is 19.8. The maximum atomic E-state index is 15.3. The number of nitrogens with zero attached hydrogens (tertiary/aromatic N) is 4. The van der Waals surface area contributed by atoms with Gasteiger partial charge in [-0.15, -0.1) is 0 Å². The first-order chi connectivity index (χ1) is 16.0. The Hall–Kier alpha value is -2.03. The van der Waals surface area contributed by atoms with Crippen LogP contribution in [0.1, 0.15) is 23.0 Å². The summed E-state index contributed by atoms with van der Waals surface area (Å²) in [4.78, 5) is 23.9. The lowest BCUT2D eigenvalue weighted by Crippen LogP contribution is -2.50. The second kappa shape index (κ2) is 9.79. The largest absolute Gasteiger partial charge is 0.471 e. The number of carbonyl (C=O) groups excluding carboxylic acids is 1. The second-order valence-electron chi connectivity index (χ2n) is 7.47. The summed E-state index contributed by atoms with van der Waals surface area (Å²) in [6.07, 6.45) is 1.96. The predicted molar refractivity (Wildman–Crippen MR) is 134 cm³/mol. The van der Waals surface area contributed by atoms with Crippen molar-refractivity contribution in [3.8, 4) is 5.88 Å². The molecule has 0 spiro atoms.